The van der Waals surface area contributed by atoms with E-state index in [9.17, 15) is 9.59 Å². The number of unbranched alkanes of at least 4 members (excludes halogenated alkanes) is 9. The number of carbonyl (C=O) groups excluding carboxylic acids is 1. The predicted octanol–water partition coefficient (Wildman–Crippen LogP) is 6.10. The molecule has 0 aliphatic carbocycles. The molecule has 0 heterocycles. The van der Waals surface area contributed by atoms with Gasteiger partial charge in [0.2, 0.25) is 6.41 Å². The van der Waals surface area contributed by atoms with Crippen LogP contribution in [-0.2, 0) is 16.0 Å². The van der Waals surface area contributed by atoms with Crippen LogP contribution in [0.4, 0.5) is 0 Å². The SMILES string of the molecule is CCCCCCCCCCCCc1ccccc1C(NC=O)SCCC(=O)O. The number of carboxylic acid groups (broad SMARTS) is 1. The molecule has 4 nitrogen and oxygen atoms in total. The molecule has 0 bridgehead atoms. The summed E-state index contributed by atoms with van der Waals surface area (Å²) >= 11 is 1.48. The molecule has 0 saturated heterocycles. The van der Waals surface area contributed by atoms with Crippen LogP contribution in [0, 0.1) is 0 Å². The Bertz CT molecular complexity index is 550. The third-order valence-corrected chi connectivity index (χ3v) is 6.12. The van der Waals surface area contributed by atoms with E-state index in [0.29, 0.717) is 12.2 Å². The zero-order valence-electron chi connectivity index (χ0n) is 17.3. The highest BCUT2D eigenvalue weighted by atomic mass is 32.2. The van der Waals surface area contributed by atoms with Crippen LogP contribution in [0.2, 0.25) is 0 Å². The third-order valence-electron chi connectivity index (χ3n) is 4.96. The molecule has 1 amide bonds. The number of nitrogens with one attached hydrogen (secondary N) is 1. The first-order valence-corrected chi connectivity index (χ1v) is 11.8. The van der Waals surface area contributed by atoms with Crippen LogP contribution < -0.4 is 5.32 Å². The smallest absolute Gasteiger partial charge is 0.304 e. The van der Waals surface area contributed by atoms with Gasteiger partial charge in [0.1, 0.15) is 5.37 Å². The molecule has 0 aliphatic rings. The first-order chi connectivity index (χ1) is 13.7. The van der Waals surface area contributed by atoms with Gasteiger partial charge in [-0.25, -0.2) is 0 Å². The summed E-state index contributed by atoms with van der Waals surface area (Å²) in [6.45, 7) is 2.25. The lowest BCUT2D eigenvalue weighted by molar-refractivity contribution is -0.136. The molecule has 0 aliphatic heterocycles. The Morgan fingerprint density at radius 1 is 1.04 bits per heavy atom. The normalized spacial score (nSPS) is 11.9. The van der Waals surface area contributed by atoms with E-state index in [1.54, 1.807) is 0 Å². The van der Waals surface area contributed by atoms with E-state index in [2.05, 4.69) is 18.3 Å². The van der Waals surface area contributed by atoms with Gasteiger partial charge in [0.05, 0.1) is 6.42 Å². The monoisotopic (exact) mass is 407 g/mol. The second kappa shape index (κ2) is 16.5. The van der Waals surface area contributed by atoms with Gasteiger partial charge in [0.15, 0.2) is 0 Å². The number of carboxylic acids is 1. The molecule has 0 fully saturated rings. The van der Waals surface area contributed by atoms with Gasteiger partial charge in [-0.3, -0.25) is 9.59 Å². The molecule has 2 N–H and O–H groups in total. The second-order valence-electron chi connectivity index (χ2n) is 7.31. The van der Waals surface area contributed by atoms with E-state index in [-0.39, 0.29) is 11.8 Å². The van der Waals surface area contributed by atoms with Gasteiger partial charge in [-0.2, -0.15) is 0 Å². The first kappa shape index (κ1) is 24.5. The molecule has 0 spiro atoms. The Labute approximate surface area is 174 Å². The summed E-state index contributed by atoms with van der Waals surface area (Å²) in [6, 6.07) is 8.19. The van der Waals surface area contributed by atoms with Crippen molar-refractivity contribution in [3.05, 3.63) is 35.4 Å². The number of thioether (sulfide) groups is 1. The largest absolute Gasteiger partial charge is 0.481 e. The summed E-state index contributed by atoms with van der Waals surface area (Å²) in [6.07, 6.45) is 15.0. The number of hydrogen-bond acceptors (Lipinski definition) is 3. The molecule has 1 rings (SSSR count). The highest BCUT2D eigenvalue weighted by Gasteiger charge is 2.15. The van der Waals surface area contributed by atoms with Crippen molar-refractivity contribution in [1.82, 2.24) is 5.32 Å². The maximum atomic E-state index is 11.0. The van der Waals surface area contributed by atoms with Gasteiger partial charge in [-0.1, -0.05) is 89.0 Å². The number of rotatable bonds is 18. The number of aryl methyl sites for hydroxylation is 1. The molecule has 158 valence electrons. The molecule has 5 heteroatoms. The Balaban J connectivity index is 2.36. The van der Waals surface area contributed by atoms with Crippen LogP contribution in [-0.4, -0.2) is 23.2 Å². The standard InChI is InChI=1S/C23H37NO3S/c1-2-3-4-5-6-7-8-9-10-11-14-20-15-12-13-16-21(20)23(24-19-25)28-18-17-22(26)27/h12-13,15-16,19,23H,2-11,14,17-18H2,1H3,(H,24,25)(H,26,27). The maximum Gasteiger partial charge on any atom is 0.304 e. The number of hydrogen-bond donors (Lipinski definition) is 2. The molecule has 0 saturated carbocycles. The van der Waals surface area contributed by atoms with Crippen molar-refractivity contribution in [3.8, 4) is 0 Å². The molecule has 1 aromatic rings. The Morgan fingerprint density at radius 2 is 1.64 bits per heavy atom. The van der Waals surface area contributed by atoms with E-state index >= 15 is 0 Å². The quantitative estimate of drug-likeness (QED) is 0.175. The fourth-order valence-electron chi connectivity index (χ4n) is 3.37. The molecule has 1 unspecified atom stereocenters. The zero-order valence-corrected chi connectivity index (χ0v) is 18.1. The fourth-order valence-corrected chi connectivity index (χ4v) is 4.46. The molecule has 0 radical (unpaired) electrons. The van der Waals surface area contributed by atoms with Gasteiger partial charge in [-0.05, 0) is 24.0 Å². The minimum Gasteiger partial charge on any atom is -0.481 e. The van der Waals surface area contributed by atoms with Crippen molar-refractivity contribution in [2.45, 2.75) is 89.3 Å². The van der Waals surface area contributed by atoms with Crippen molar-refractivity contribution in [3.63, 3.8) is 0 Å². The van der Waals surface area contributed by atoms with Crippen molar-refractivity contribution in [1.29, 1.82) is 0 Å². The van der Waals surface area contributed by atoms with E-state index in [1.165, 1.54) is 75.1 Å². The summed E-state index contributed by atoms with van der Waals surface area (Å²) in [5.74, 6) is -0.330. The van der Waals surface area contributed by atoms with Crippen LogP contribution in [0.25, 0.3) is 0 Å². The Morgan fingerprint density at radius 3 is 2.25 bits per heavy atom. The van der Waals surface area contributed by atoms with Gasteiger partial charge in [0, 0.05) is 5.75 Å². The van der Waals surface area contributed by atoms with Gasteiger partial charge >= 0.3 is 5.97 Å². The van der Waals surface area contributed by atoms with Crippen molar-refractivity contribution in [2.75, 3.05) is 5.75 Å². The topological polar surface area (TPSA) is 66.4 Å². The number of aliphatic carboxylic acids is 1. The number of amides is 1. The lowest BCUT2D eigenvalue weighted by Crippen LogP contribution is -2.19. The molecule has 28 heavy (non-hydrogen) atoms. The highest BCUT2D eigenvalue weighted by molar-refractivity contribution is 7.99. The first-order valence-electron chi connectivity index (χ1n) is 10.8. The van der Waals surface area contributed by atoms with E-state index in [4.69, 9.17) is 5.11 Å². The Hall–Kier alpha value is -1.49. The molecule has 0 aromatic heterocycles. The number of carbonyl (C=O) groups is 2. The van der Waals surface area contributed by atoms with Crippen LogP contribution in [0.5, 0.6) is 0 Å². The number of benzene rings is 1. The van der Waals surface area contributed by atoms with E-state index < -0.39 is 5.97 Å². The van der Waals surface area contributed by atoms with Crippen molar-refractivity contribution >= 4 is 24.1 Å². The second-order valence-corrected chi connectivity index (χ2v) is 8.52. The molecular formula is C23H37NO3S. The van der Waals surface area contributed by atoms with Crippen LogP contribution >= 0.6 is 11.8 Å². The summed E-state index contributed by atoms with van der Waals surface area (Å²) in [4.78, 5) is 21.8. The zero-order chi connectivity index (χ0) is 20.5. The van der Waals surface area contributed by atoms with Crippen LogP contribution in [0.3, 0.4) is 0 Å². The van der Waals surface area contributed by atoms with E-state index in [0.717, 1.165) is 18.4 Å². The lowest BCUT2D eigenvalue weighted by atomic mass is 10.00. The van der Waals surface area contributed by atoms with Gasteiger partial charge in [-0.15, -0.1) is 11.8 Å². The van der Waals surface area contributed by atoms with Crippen molar-refractivity contribution < 1.29 is 14.7 Å². The Kier molecular flexibility index (Phi) is 14.4. The predicted molar refractivity (Wildman–Crippen MR) is 119 cm³/mol. The average molecular weight is 408 g/mol. The molecule has 1 atom stereocenters. The summed E-state index contributed by atoms with van der Waals surface area (Å²) in [5, 5.41) is 11.5. The average Bonchev–Trinajstić information content (AvgIpc) is 2.69. The van der Waals surface area contributed by atoms with E-state index in [1.807, 2.05) is 18.2 Å². The lowest BCUT2D eigenvalue weighted by Gasteiger charge is -2.19. The molecular weight excluding hydrogens is 370 g/mol. The summed E-state index contributed by atoms with van der Waals surface area (Å²) in [7, 11) is 0. The minimum absolute atomic E-state index is 0.0995. The third kappa shape index (κ3) is 11.4. The molecule has 1 aromatic carbocycles. The van der Waals surface area contributed by atoms with Gasteiger partial charge in [0.25, 0.3) is 0 Å². The summed E-state index contributed by atoms with van der Waals surface area (Å²) < 4.78 is 0. The minimum atomic E-state index is -0.809. The fraction of sp³-hybridized carbons (Fsp3) is 0.652. The summed E-state index contributed by atoms with van der Waals surface area (Å²) in [5.41, 5.74) is 2.35. The van der Waals surface area contributed by atoms with Crippen LogP contribution in [0.15, 0.2) is 24.3 Å². The van der Waals surface area contributed by atoms with Crippen LogP contribution in [0.1, 0.15) is 94.1 Å². The van der Waals surface area contributed by atoms with Crippen molar-refractivity contribution in [2.24, 2.45) is 0 Å². The van der Waals surface area contributed by atoms with Gasteiger partial charge < -0.3 is 10.4 Å². The maximum absolute atomic E-state index is 11.0. The highest BCUT2D eigenvalue weighted by Crippen LogP contribution is 2.30.